The number of ether oxygens (including phenoxy) is 1. The van der Waals surface area contributed by atoms with Crippen LogP contribution in [0.4, 0.5) is 8.78 Å². The minimum Gasteiger partial charge on any atom is -0.481 e. The summed E-state index contributed by atoms with van der Waals surface area (Å²) in [6.07, 6.45) is 2.41. The van der Waals surface area contributed by atoms with E-state index in [2.05, 4.69) is 10.3 Å². The minimum absolute atomic E-state index is 0.0229. The molecule has 1 aliphatic heterocycles. The van der Waals surface area contributed by atoms with Crippen molar-refractivity contribution in [2.45, 2.75) is 37.1 Å². The van der Waals surface area contributed by atoms with Crippen LogP contribution in [0.15, 0.2) is 42.6 Å². The summed E-state index contributed by atoms with van der Waals surface area (Å²) in [5.41, 5.74) is 2.15. The van der Waals surface area contributed by atoms with E-state index >= 15 is 0 Å². The molecule has 0 radical (unpaired) electrons. The van der Waals surface area contributed by atoms with Crippen molar-refractivity contribution >= 4 is 5.78 Å². The maximum atomic E-state index is 13.5. The SMILES string of the molecule is COc1ncccc1-c1ccc(C(=O)CN2CNC3(CCC(F)(F)CC3)C2)cc1. The molecule has 1 saturated heterocycles. The van der Waals surface area contributed by atoms with Crippen molar-refractivity contribution in [3.63, 3.8) is 0 Å². The van der Waals surface area contributed by atoms with E-state index in [-0.39, 0.29) is 30.7 Å². The van der Waals surface area contributed by atoms with Crippen LogP contribution in [-0.2, 0) is 0 Å². The van der Waals surface area contributed by atoms with Gasteiger partial charge in [0.2, 0.25) is 11.8 Å². The summed E-state index contributed by atoms with van der Waals surface area (Å²) >= 11 is 0. The molecule has 154 valence electrons. The molecule has 2 heterocycles. The van der Waals surface area contributed by atoms with E-state index in [1.807, 2.05) is 41.3 Å². The Morgan fingerprint density at radius 3 is 2.59 bits per heavy atom. The summed E-state index contributed by atoms with van der Waals surface area (Å²) < 4.78 is 32.2. The Kier molecular flexibility index (Phi) is 5.36. The van der Waals surface area contributed by atoms with Gasteiger partial charge in [0, 0.05) is 48.9 Å². The lowest BCUT2D eigenvalue weighted by Crippen LogP contribution is -2.48. The zero-order valence-corrected chi connectivity index (χ0v) is 16.5. The van der Waals surface area contributed by atoms with Crippen LogP contribution >= 0.6 is 0 Å². The molecule has 2 aliphatic rings. The first-order chi connectivity index (χ1) is 13.9. The van der Waals surface area contributed by atoms with Crippen LogP contribution in [0.5, 0.6) is 5.88 Å². The molecule has 5 nitrogen and oxygen atoms in total. The molecule has 1 aromatic heterocycles. The number of carbonyl (C=O) groups is 1. The largest absolute Gasteiger partial charge is 0.481 e. The van der Waals surface area contributed by atoms with Gasteiger partial charge in [-0.25, -0.2) is 13.8 Å². The molecule has 1 N–H and O–H groups in total. The fourth-order valence-electron chi connectivity index (χ4n) is 4.26. The van der Waals surface area contributed by atoms with Crippen LogP contribution in [0.25, 0.3) is 11.1 Å². The first kappa shape index (κ1) is 19.9. The van der Waals surface area contributed by atoms with E-state index in [1.165, 1.54) is 0 Å². The third kappa shape index (κ3) is 4.31. The van der Waals surface area contributed by atoms with Crippen molar-refractivity contribution in [2.24, 2.45) is 0 Å². The third-order valence-electron chi connectivity index (χ3n) is 5.99. The molecule has 1 aromatic carbocycles. The highest BCUT2D eigenvalue weighted by molar-refractivity contribution is 5.98. The van der Waals surface area contributed by atoms with Gasteiger partial charge in [-0.3, -0.25) is 15.0 Å². The average Bonchev–Trinajstić information content (AvgIpc) is 3.13. The average molecular weight is 401 g/mol. The van der Waals surface area contributed by atoms with Crippen LogP contribution in [0.1, 0.15) is 36.0 Å². The van der Waals surface area contributed by atoms with Gasteiger partial charge in [0.05, 0.1) is 13.7 Å². The van der Waals surface area contributed by atoms with Crippen LogP contribution in [-0.4, -0.2) is 54.0 Å². The maximum Gasteiger partial charge on any atom is 0.248 e. The molecular formula is C22H25F2N3O2. The van der Waals surface area contributed by atoms with Crippen molar-refractivity contribution in [1.29, 1.82) is 0 Å². The second-order valence-electron chi connectivity index (χ2n) is 8.02. The summed E-state index contributed by atoms with van der Waals surface area (Å²) in [7, 11) is 1.58. The Labute approximate surface area is 169 Å². The van der Waals surface area contributed by atoms with Gasteiger partial charge in [-0.05, 0) is 30.5 Å². The molecule has 1 spiro atoms. The highest BCUT2D eigenvalue weighted by Gasteiger charge is 2.46. The molecule has 2 aromatic rings. The molecule has 4 rings (SSSR count). The van der Waals surface area contributed by atoms with Gasteiger partial charge in [-0.15, -0.1) is 0 Å². The van der Waals surface area contributed by atoms with E-state index in [0.29, 0.717) is 37.5 Å². The topological polar surface area (TPSA) is 54.5 Å². The molecule has 0 unspecified atom stereocenters. The number of aromatic nitrogens is 1. The number of methoxy groups -OCH3 is 1. The Bertz CT molecular complexity index is 876. The Balaban J connectivity index is 1.38. The molecule has 2 fully saturated rings. The number of nitrogens with one attached hydrogen (secondary N) is 1. The zero-order valence-electron chi connectivity index (χ0n) is 16.5. The number of Topliss-reactive ketones (excluding diaryl/α,β-unsaturated/α-hetero) is 1. The van der Waals surface area contributed by atoms with Gasteiger partial charge >= 0.3 is 0 Å². The smallest absolute Gasteiger partial charge is 0.248 e. The first-order valence-corrected chi connectivity index (χ1v) is 9.88. The fourth-order valence-corrected chi connectivity index (χ4v) is 4.26. The zero-order chi connectivity index (χ0) is 20.5. The van der Waals surface area contributed by atoms with E-state index in [4.69, 9.17) is 4.74 Å². The van der Waals surface area contributed by atoms with Crippen molar-refractivity contribution in [3.05, 3.63) is 48.2 Å². The molecular weight excluding hydrogens is 376 g/mol. The van der Waals surface area contributed by atoms with E-state index in [1.54, 1.807) is 13.3 Å². The predicted octanol–water partition coefficient (Wildman–Crippen LogP) is 3.75. The summed E-state index contributed by atoms with van der Waals surface area (Å²) in [6, 6.07) is 11.2. The summed E-state index contributed by atoms with van der Waals surface area (Å²) in [5, 5.41) is 3.38. The number of pyridine rings is 1. The highest BCUT2D eigenvalue weighted by Crippen LogP contribution is 2.40. The lowest BCUT2D eigenvalue weighted by atomic mass is 9.80. The predicted molar refractivity (Wildman–Crippen MR) is 106 cm³/mol. The van der Waals surface area contributed by atoms with Gasteiger partial charge in [0.25, 0.3) is 0 Å². The number of halogens is 2. The molecule has 0 amide bonds. The number of hydrogen-bond donors (Lipinski definition) is 1. The molecule has 29 heavy (non-hydrogen) atoms. The third-order valence-corrected chi connectivity index (χ3v) is 5.99. The Morgan fingerprint density at radius 1 is 1.17 bits per heavy atom. The molecule has 1 saturated carbocycles. The van der Waals surface area contributed by atoms with E-state index in [9.17, 15) is 13.6 Å². The lowest BCUT2D eigenvalue weighted by Gasteiger charge is -2.37. The van der Waals surface area contributed by atoms with Crippen molar-refractivity contribution in [3.8, 4) is 17.0 Å². The van der Waals surface area contributed by atoms with Gasteiger partial charge in [0.1, 0.15) is 0 Å². The second-order valence-corrected chi connectivity index (χ2v) is 8.02. The van der Waals surface area contributed by atoms with Gasteiger partial charge in [-0.1, -0.05) is 24.3 Å². The number of benzene rings is 1. The standard InChI is InChI=1S/C22H25F2N3O2/c1-29-20-18(3-2-12-25-20)16-4-6-17(7-5-16)19(28)13-27-14-21(26-15-27)8-10-22(23,24)11-9-21/h2-7,12,26H,8-11,13-15H2,1H3. The van der Waals surface area contributed by atoms with Crippen LogP contribution in [0.3, 0.4) is 0 Å². The number of alkyl halides is 2. The van der Waals surface area contributed by atoms with Crippen LogP contribution < -0.4 is 10.1 Å². The number of rotatable bonds is 5. The number of nitrogens with zero attached hydrogens (tertiary/aromatic N) is 2. The van der Waals surface area contributed by atoms with Crippen molar-refractivity contribution < 1.29 is 18.3 Å². The Morgan fingerprint density at radius 2 is 1.90 bits per heavy atom. The van der Waals surface area contributed by atoms with Gasteiger partial charge < -0.3 is 4.74 Å². The second kappa shape index (κ2) is 7.80. The maximum absolute atomic E-state index is 13.5. The number of hydrogen-bond acceptors (Lipinski definition) is 5. The molecule has 0 bridgehead atoms. The van der Waals surface area contributed by atoms with Gasteiger partial charge in [0.15, 0.2) is 5.78 Å². The Hall–Kier alpha value is -2.38. The monoisotopic (exact) mass is 401 g/mol. The normalized spacial score (nSPS) is 20.7. The van der Waals surface area contributed by atoms with E-state index in [0.717, 1.165) is 11.1 Å². The van der Waals surface area contributed by atoms with Crippen LogP contribution in [0.2, 0.25) is 0 Å². The summed E-state index contributed by atoms with van der Waals surface area (Å²) in [6.45, 7) is 1.47. The number of carbonyl (C=O) groups excluding carboxylic acids is 1. The fraction of sp³-hybridized carbons (Fsp3) is 0.455. The summed E-state index contributed by atoms with van der Waals surface area (Å²) in [5.74, 6) is -1.98. The molecule has 0 atom stereocenters. The number of ketones is 1. The highest BCUT2D eigenvalue weighted by atomic mass is 19.3. The minimum atomic E-state index is -2.55. The molecule has 7 heteroatoms. The quantitative estimate of drug-likeness (QED) is 0.774. The first-order valence-electron chi connectivity index (χ1n) is 9.88. The molecule has 1 aliphatic carbocycles. The van der Waals surface area contributed by atoms with Crippen molar-refractivity contribution in [1.82, 2.24) is 15.2 Å². The van der Waals surface area contributed by atoms with E-state index < -0.39 is 5.92 Å². The van der Waals surface area contributed by atoms with Gasteiger partial charge in [-0.2, -0.15) is 0 Å². The summed E-state index contributed by atoms with van der Waals surface area (Å²) in [4.78, 5) is 18.9. The van der Waals surface area contributed by atoms with Crippen LogP contribution in [0, 0.1) is 0 Å². The lowest BCUT2D eigenvalue weighted by molar-refractivity contribution is -0.0524. The van der Waals surface area contributed by atoms with Crippen molar-refractivity contribution in [2.75, 3.05) is 26.9 Å².